The van der Waals surface area contributed by atoms with Crippen LogP contribution in [0.4, 0.5) is 4.39 Å². The summed E-state index contributed by atoms with van der Waals surface area (Å²) in [6.07, 6.45) is 1.47. The molecule has 1 aromatic heterocycles. The van der Waals surface area contributed by atoms with Gasteiger partial charge in [-0.1, -0.05) is 15.9 Å². The van der Waals surface area contributed by atoms with E-state index in [1.165, 1.54) is 17.1 Å². The van der Waals surface area contributed by atoms with E-state index in [9.17, 15) is 4.39 Å². The molecule has 84 valence electrons. The Bertz CT molecular complexity index is 501. The molecule has 2 aromatic rings. The molecule has 0 fully saturated rings. The first-order valence-corrected chi connectivity index (χ1v) is 5.46. The summed E-state index contributed by atoms with van der Waals surface area (Å²) in [5, 5.41) is 12.8. The molecule has 1 aromatic carbocycles. The molecule has 0 radical (unpaired) electrons. The third kappa shape index (κ3) is 2.28. The Hall–Kier alpha value is -1.27. The van der Waals surface area contributed by atoms with Gasteiger partial charge in [-0.15, -0.1) is 0 Å². The molecule has 0 bridgehead atoms. The van der Waals surface area contributed by atoms with E-state index in [0.717, 1.165) is 0 Å². The number of aliphatic hydroxyl groups excluding tert-OH is 1. The van der Waals surface area contributed by atoms with Crippen LogP contribution in [0.25, 0.3) is 11.4 Å². The number of benzene rings is 1. The van der Waals surface area contributed by atoms with Crippen molar-refractivity contribution in [3.05, 3.63) is 34.8 Å². The number of hydrogen-bond acceptors (Lipinski definition) is 3. The normalized spacial score (nSPS) is 10.7. The van der Waals surface area contributed by atoms with Crippen molar-refractivity contribution < 1.29 is 9.50 Å². The number of nitrogens with zero attached hydrogens (tertiary/aromatic N) is 3. The van der Waals surface area contributed by atoms with Gasteiger partial charge in [-0.2, -0.15) is 5.10 Å². The van der Waals surface area contributed by atoms with E-state index < -0.39 is 0 Å². The zero-order valence-electron chi connectivity index (χ0n) is 8.27. The van der Waals surface area contributed by atoms with Gasteiger partial charge in [0.1, 0.15) is 12.1 Å². The molecule has 0 saturated heterocycles. The lowest BCUT2D eigenvalue weighted by molar-refractivity contribution is 0.269. The number of aliphatic hydroxyl groups is 1. The molecule has 0 aliphatic heterocycles. The van der Waals surface area contributed by atoms with Crippen LogP contribution < -0.4 is 0 Å². The smallest absolute Gasteiger partial charge is 0.184 e. The summed E-state index contributed by atoms with van der Waals surface area (Å²) in [4.78, 5) is 3.98. The first kappa shape index (κ1) is 11.2. The van der Waals surface area contributed by atoms with Crippen molar-refractivity contribution in [2.45, 2.75) is 6.54 Å². The van der Waals surface area contributed by atoms with Gasteiger partial charge >= 0.3 is 0 Å². The molecular formula is C10H9BrFN3O. The van der Waals surface area contributed by atoms with Crippen LogP contribution in [0.2, 0.25) is 0 Å². The number of hydrogen-bond donors (Lipinski definition) is 1. The first-order chi connectivity index (χ1) is 7.70. The van der Waals surface area contributed by atoms with Crippen molar-refractivity contribution in [2.24, 2.45) is 0 Å². The summed E-state index contributed by atoms with van der Waals surface area (Å²) in [5.41, 5.74) is 0.347. The summed E-state index contributed by atoms with van der Waals surface area (Å²) >= 11 is 3.18. The van der Waals surface area contributed by atoms with Crippen LogP contribution in [0, 0.1) is 5.82 Å². The topological polar surface area (TPSA) is 50.9 Å². The Balaban J connectivity index is 2.35. The fourth-order valence-corrected chi connectivity index (χ4v) is 1.63. The summed E-state index contributed by atoms with van der Waals surface area (Å²) in [5.74, 6) is -0.0606. The van der Waals surface area contributed by atoms with Gasteiger partial charge in [0, 0.05) is 4.47 Å². The summed E-state index contributed by atoms with van der Waals surface area (Å²) < 4.78 is 15.7. The van der Waals surface area contributed by atoms with E-state index in [-0.39, 0.29) is 12.4 Å². The second-order valence-electron chi connectivity index (χ2n) is 3.18. The summed E-state index contributed by atoms with van der Waals surface area (Å²) in [6, 6.07) is 4.70. The van der Waals surface area contributed by atoms with Gasteiger partial charge in [0.25, 0.3) is 0 Å². The molecule has 0 aliphatic carbocycles. The molecule has 2 rings (SSSR count). The molecule has 0 amide bonds. The van der Waals surface area contributed by atoms with Gasteiger partial charge in [0.15, 0.2) is 5.82 Å². The summed E-state index contributed by atoms with van der Waals surface area (Å²) in [6.45, 7) is 0.330. The lowest BCUT2D eigenvalue weighted by Crippen LogP contribution is -2.02. The van der Waals surface area contributed by atoms with E-state index in [0.29, 0.717) is 22.4 Å². The van der Waals surface area contributed by atoms with Crippen LogP contribution in [0.1, 0.15) is 0 Å². The number of rotatable bonds is 3. The Morgan fingerprint density at radius 3 is 2.94 bits per heavy atom. The highest BCUT2D eigenvalue weighted by atomic mass is 79.9. The molecule has 4 nitrogen and oxygen atoms in total. The van der Waals surface area contributed by atoms with Gasteiger partial charge < -0.3 is 5.11 Å². The van der Waals surface area contributed by atoms with E-state index in [4.69, 9.17) is 5.11 Å². The third-order valence-corrected chi connectivity index (χ3v) is 2.53. The maximum atomic E-state index is 13.6. The fourth-order valence-electron chi connectivity index (χ4n) is 1.30. The molecule has 1 heterocycles. The van der Waals surface area contributed by atoms with Crippen molar-refractivity contribution in [1.82, 2.24) is 14.8 Å². The second kappa shape index (κ2) is 4.71. The van der Waals surface area contributed by atoms with Crippen molar-refractivity contribution in [2.75, 3.05) is 6.61 Å². The van der Waals surface area contributed by atoms with Crippen LogP contribution in [0.5, 0.6) is 0 Å². The van der Waals surface area contributed by atoms with Crippen molar-refractivity contribution >= 4 is 15.9 Å². The average Bonchev–Trinajstić information content (AvgIpc) is 2.67. The van der Waals surface area contributed by atoms with Crippen LogP contribution in [0.15, 0.2) is 29.0 Å². The molecule has 0 aliphatic rings. The first-order valence-electron chi connectivity index (χ1n) is 4.66. The van der Waals surface area contributed by atoms with Gasteiger partial charge in [-0.25, -0.2) is 9.37 Å². The molecular weight excluding hydrogens is 277 g/mol. The predicted molar refractivity (Wildman–Crippen MR) is 60.2 cm³/mol. The Morgan fingerprint density at radius 2 is 2.25 bits per heavy atom. The van der Waals surface area contributed by atoms with Gasteiger partial charge in [-0.05, 0) is 18.2 Å². The molecule has 1 N–H and O–H groups in total. The minimum Gasteiger partial charge on any atom is -0.394 e. The van der Waals surface area contributed by atoms with Crippen LogP contribution >= 0.6 is 15.9 Å². The molecule has 0 spiro atoms. The maximum Gasteiger partial charge on any atom is 0.184 e. The van der Waals surface area contributed by atoms with Gasteiger partial charge in [-0.3, -0.25) is 4.68 Å². The molecule has 0 saturated carbocycles. The van der Waals surface area contributed by atoms with E-state index in [2.05, 4.69) is 26.0 Å². The average molecular weight is 286 g/mol. The zero-order valence-corrected chi connectivity index (χ0v) is 9.85. The molecule has 0 atom stereocenters. The highest BCUT2D eigenvalue weighted by molar-refractivity contribution is 9.10. The van der Waals surface area contributed by atoms with Crippen LogP contribution in [-0.2, 0) is 6.54 Å². The molecule has 6 heteroatoms. The Morgan fingerprint density at radius 1 is 1.44 bits per heavy atom. The zero-order chi connectivity index (χ0) is 11.5. The monoisotopic (exact) mass is 285 g/mol. The standard InChI is InChI=1S/C10H9BrFN3O/c11-7-1-2-8(9(12)5-7)10-13-6-15(14-10)3-4-16/h1-2,5-6,16H,3-4H2. The van der Waals surface area contributed by atoms with E-state index >= 15 is 0 Å². The predicted octanol–water partition coefficient (Wildman–Crippen LogP) is 1.84. The Labute approximate surface area is 99.9 Å². The minimum atomic E-state index is -0.379. The largest absolute Gasteiger partial charge is 0.394 e. The lowest BCUT2D eigenvalue weighted by Gasteiger charge is -1.98. The van der Waals surface area contributed by atoms with Crippen LogP contribution in [-0.4, -0.2) is 26.5 Å². The van der Waals surface area contributed by atoms with Gasteiger partial charge in [0.2, 0.25) is 0 Å². The molecule has 16 heavy (non-hydrogen) atoms. The van der Waals surface area contributed by atoms with Crippen molar-refractivity contribution in [3.8, 4) is 11.4 Å². The lowest BCUT2D eigenvalue weighted by atomic mass is 10.2. The summed E-state index contributed by atoms with van der Waals surface area (Å²) in [7, 11) is 0. The van der Waals surface area contributed by atoms with E-state index in [1.54, 1.807) is 12.1 Å². The quantitative estimate of drug-likeness (QED) is 0.936. The third-order valence-electron chi connectivity index (χ3n) is 2.04. The fraction of sp³-hybridized carbons (Fsp3) is 0.200. The van der Waals surface area contributed by atoms with E-state index in [1.807, 2.05) is 0 Å². The number of aromatic nitrogens is 3. The molecule has 0 unspecified atom stereocenters. The minimum absolute atomic E-state index is 0.0222. The van der Waals surface area contributed by atoms with Crippen LogP contribution in [0.3, 0.4) is 0 Å². The van der Waals surface area contributed by atoms with Crippen molar-refractivity contribution in [1.29, 1.82) is 0 Å². The Kier molecular flexibility index (Phi) is 3.31. The van der Waals surface area contributed by atoms with Crippen molar-refractivity contribution in [3.63, 3.8) is 0 Å². The second-order valence-corrected chi connectivity index (χ2v) is 4.09. The number of halogens is 2. The highest BCUT2D eigenvalue weighted by Gasteiger charge is 2.09. The maximum absolute atomic E-state index is 13.6. The SMILES string of the molecule is OCCn1cnc(-c2ccc(Br)cc2F)n1. The van der Waals surface area contributed by atoms with Gasteiger partial charge in [0.05, 0.1) is 18.7 Å². The highest BCUT2D eigenvalue weighted by Crippen LogP contribution is 2.22.